The first-order valence-corrected chi connectivity index (χ1v) is 6.90. The molecule has 2 rings (SSSR count). The van der Waals surface area contributed by atoms with Crippen molar-refractivity contribution in [2.75, 3.05) is 6.54 Å². The maximum absolute atomic E-state index is 13.0. The molecule has 1 aromatic rings. The second-order valence-corrected chi connectivity index (χ2v) is 5.30. The predicted octanol–water partition coefficient (Wildman–Crippen LogP) is 3.09. The van der Waals surface area contributed by atoms with Gasteiger partial charge in [0.05, 0.1) is 6.04 Å². The molecule has 1 aliphatic heterocycles. The number of hydrogen-bond donors (Lipinski definition) is 1. The third-order valence-corrected chi connectivity index (χ3v) is 4.05. The molecule has 3 unspecified atom stereocenters. The molecule has 1 aromatic carbocycles. The summed E-state index contributed by atoms with van der Waals surface area (Å²) < 4.78 is 13.0. The van der Waals surface area contributed by atoms with Crippen LogP contribution in [0, 0.1) is 5.82 Å². The molecule has 0 radical (unpaired) electrons. The molecule has 3 atom stereocenters. The summed E-state index contributed by atoms with van der Waals surface area (Å²) in [5.41, 5.74) is 7.43. The molecule has 1 aliphatic rings. The molecule has 2 nitrogen and oxygen atoms in total. The summed E-state index contributed by atoms with van der Waals surface area (Å²) in [6, 6.07) is 7.71. The van der Waals surface area contributed by atoms with Gasteiger partial charge in [0.2, 0.25) is 0 Å². The number of nitrogens with two attached hydrogens (primary N) is 1. The van der Waals surface area contributed by atoms with Crippen molar-refractivity contribution < 1.29 is 4.39 Å². The summed E-state index contributed by atoms with van der Waals surface area (Å²) in [5, 5.41) is 0. The van der Waals surface area contributed by atoms with Gasteiger partial charge in [0.1, 0.15) is 5.82 Å². The van der Waals surface area contributed by atoms with Gasteiger partial charge in [-0.3, -0.25) is 4.90 Å². The Bertz CT molecular complexity index is 377. The molecule has 2 N–H and O–H groups in total. The third-order valence-electron chi connectivity index (χ3n) is 4.05. The second kappa shape index (κ2) is 5.81. The molecule has 1 saturated heterocycles. The number of halogens is 1. The van der Waals surface area contributed by atoms with Crippen LogP contribution in [-0.4, -0.2) is 23.5 Å². The Hall–Kier alpha value is -0.930. The maximum atomic E-state index is 13.0. The Morgan fingerprint density at radius 2 is 2.06 bits per heavy atom. The highest BCUT2D eigenvalue weighted by molar-refractivity contribution is 5.22. The molecular weight excluding hydrogens is 227 g/mol. The predicted molar refractivity (Wildman–Crippen MR) is 72.8 cm³/mol. The molecule has 0 spiro atoms. The van der Waals surface area contributed by atoms with Crippen molar-refractivity contribution in [2.24, 2.45) is 5.73 Å². The van der Waals surface area contributed by atoms with E-state index < -0.39 is 0 Å². The average Bonchev–Trinajstić information content (AvgIpc) is 2.78. The Balaban J connectivity index is 2.27. The van der Waals surface area contributed by atoms with Crippen LogP contribution in [0.2, 0.25) is 0 Å². The number of hydrogen-bond acceptors (Lipinski definition) is 2. The quantitative estimate of drug-likeness (QED) is 0.889. The van der Waals surface area contributed by atoms with Crippen molar-refractivity contribution in [3.05, 3.63) is 35.6 Å². The van der Waals surface area contributed by atoms with E-state index in [2.05, 4.69) is 18.7 Å². The van der Waals surface area contributed by atoms with Crippen molar-refractivity contribution in [1.29, 1.82) is 0 Å². The Morgan fingerprint density at radius 1 is 1.39 bits per heavy atom. The van der Waals surface area contributed by atoms with Gasteiger partial charge in [-0.25, -0.2) is 4.39 Å². The lowest BCUT2D eigenvalue weighted by Gasteiger charge is -2.35. The fourth-order valence-corrected chi connectivity index (χ4v) is 2.94. The van der Waals surface area contributed by atoms with Crippen LogP contribution >= 0.6 is 0 Å². The van der Waals surface area contributed by atoms with Crippen LogP contribution in [0.15, 0.2) is 24.3 Å². The first kappa shape index (κ1) is 13.5. The van der Waals surface area contributed by atoms with Crippen LogP contribution in [0.25, 0.3) is 0 Å². The number of nitrogens with zero attached hydrogens (tertiary/aromatic N) is 1. The summed E-state index contributed by atoms with van der Waals surface area (Å²) in [5.74, 6) is -0.183. The molecule has 3 heteroatoms. The zero-order valence-corrected chi connectivity index (χ0v) is 11.3. The lowest BCUT2D eigenvalue weighted by atomic mass is 9.96. The van der Waals surface area contributed by atoms with Gasteiger partial charge in [0, 0.05) is 12.1 Å². The third kappa shape index (κ3) is 2.73. The first-order chi connectivity index (χ1) is 8.63. The maximum Gasteiger partial charge on any atom is 0.123 e. The monoisotopic (exact) mass is 250 g/mol. The fraction of sp³-hybridized carbons (Fsp3) is 0.600. The van der Waals surface area contributed by atoms with Crippen molar-refractivity contribution >= 4 is 0 Å². The Morgan fingerprint density at radius 3 is 2.56 bits per heavy atom. The van der Waals surface area contributed by atoms with Crippen molar-refractivity contribution in [3.63, 3.8) is 0 Å². The number of benzene rings is 1. The van der Waals surface area contributed by atoms with E-state index in [-0.39, 0.29) is 17.9 Å². The van der Waals surface area contributed by atoms with Crippen molar-refractivity contribution in [3.8, 4) is 0 Å². The summed E-state index contributed by atoms with van der Waals surface area (Å²) in [6.45, 7) is 5.46. The molecule has 100 valence electrons. The molecule has 0 aromatic heterocycles. The Labute approximate surface area is 109 Å². The molecule has 18 heavy (non-hydrogen) atoms. The standard InChI is InChI=1S/C15H23FN2/c1-3-14(17)15(18-10-4-5-11(18)2)12-6-8-13(16)9-7-12/h6-9,11,14-15H,3-5,10,17H2,1-2H3. The largest absolute Gasteiger partial charge is 0.326 e. The van der Waals surface area contributed by atoms with Crippen molar-refractivity contribution in [1.82, 2.24) is 4.90 Å². The highest BCUT2D eigenvalue weighted by atomic mass is 19.1. The van der Waals surface area contributed by atoms with E-state index in [1.54, 1.807) is 0 Å². The van der Waals surface area contributed by atoms with Gasteiger partial charge in [-0.1, -0.05) is 19.1 Å². The van der Waals surface area contributed by atoms with E-state index in [9.17, 15) is 4.39 Å². The van der Waals surface area contributed by atoms with Crippen LogP contribution in [0.4, 0.5) is 4.39 Å². The van der Waals surface area contributed by atoms with Crippen LogP contribution in [0.1, 0.15) is 44.7 Å². The highest BCUT2D eigenvalue weighted by Gasteiger charge is 2.31. The molecule has 0 bridgehead atoms. The zero-order chi connectivity index (χ0) is 13.1. The first-order valence-electron chi connectivity index (χ1n) is 6.90. The van der Waals surface area contributed by atoms with E-state index in [1.165, 1.54) is 25.0 Å². The summed E-state index contributed by atoms with van der Waals surface area (Å²) in [6.07, 6.45) is 3.40. The average molecular weight is 250 g/mol. The lowest BCUT2D eigenvalue weighted by molar-refractivity contribution is 0.163. The van der Waals surface area contributed by atoms with Gasteiger partial charge in [0.15, 0.2) is 0 Å². The van der Waals surface area contributed by atoms with Gasteiger partial charge in [0.25, 0.3) is 0 Å². The van der Waals surface area contributed by atoms with Gasteiger partial charge in [-0.15, -0.1) is 0 Å². The summed E-state index contributed by atoms with van der Waals surface area (Å²) in [7, 11) is 0. The molecule has 0 aliphatic carbocycles. The SMILES string of the molecule is CCC(N)C(c1ccc(F)cc1)N1CCCC1C. The van der Waals surface area contributed by atoms with E-state index in [0.29, 0.717) is 6.04 Å². The van der Waals surface area contributed by atoms with Crippen LogP contribution in [-0.2, 0) is 0 Å². The second-order valence-electron chi connectivity index (χ2n) is 5.30. The van der Waals surface area contributed by atoms with Gasteiger partial charge >= 0.3 is 0 Å². The highest BCUT2D eigenvalue weighted by Crippen LogP contribution is 2.32. The van der Waals surface area contributed by atoms with Gasteiger partial charge < -0.3 is 5.73 Å². The lowest BCUT2D eigenvalue weighted by Crippen LogP contribution is -2.42. The molecule has 0 saturated carbocycles. The summed E-state index contributed by atoms with van der Waals surface area (Å²) in [4.78, 5) is 2.47. The Kier molecular flexibility index (Phi) is 4.36. The summed E-state index contributed by atoms with van der Waals surface area (Å²) >= 11 is 0. The number of likely N-dealkylation sites (tertiary alicyclic amines) is 1. The molecule has 0 amide bonds. The smallest absolute Gasteiger partial charge is 0.123 e. The van der Waals surface area contributed by atoms with E-state index in [4.69, 9.17) is 5.73 Å². The van der Waals surface area contributed by atoms with Gasteiger partial charge in [-0.2, -0.15) is 0 Å². The number of rotatable bonds is 4. The van der Waals surface area contributed by atoms with Gasteiger partial charge in [-0.05, 0) is 50.4 Å². The minimum Gasteiger partial charge on any atom is -0.326 e. The van der Waals surface area contributed by atoms with Crippen molar-refractivity contribution in [2.45, 2.75) is 51.2 Å². The van der Waals surface area contributed by atoms with Crippen LogP contribution in [0.3, 0.4) is 0 Å². The van der Waals surface area contributed by atoms with E-state index in [0.717, 1.165) is 18.5 Å². The molecular formula is C15H23FN2. The van der Waals surface area contributed by atoms with E-state index in [1.807, 2.05) is 12.1 Å². The van der Waals surface area contributed by atoms with E-state index >= 15 is 0 Å². The fourth-order valence-electron chi connectivity index (χ4n) is 2.94. The minimum atomic E-state index is -0.183. The molecule has 1 fully saturated rings. The normalized spacial score (nSPS) is 24.1. The minimum absolute atomic E-state index is 0.107. The topological polar surface area (TPSA) is 29.3 Å². The van der Waals surface area contributed by atoms with Crippen LogP contribution in [0.5, 0.6) is 0 Å². The van der Waals surface area contributed by atoms with Crippen LogP contribution < -0.4 is 5.73 Å². The molecule has 1 heterocycles. The zero-order valence-electron chi connectivity index (χ0n) is 11.3.